The molecule has 0 atom stereocenters. The Labute approximate surface area is 164 Å². The molecule has 2 aromatic rings. The Morgan fingerprint density at radius 2 is 1.93 bits per heavy atom. The van der Waals surface area contributed by atoms with Crippen molar-refractivity contribution in [2.75, 3.05) is 13.2 Å². The first-order valence-corrected chi connectivity index (χ1v) is 8.52. The largest absolute Gasteiger partial charge is 0.452 e. The maximum absolute atomic E-state index is 13.1. The van der Waals surface area contributed by atoms with Crippen LogP contribution < -0.4 is 5.32 Å². The molecule has 0 saturated heterocycles. The number of halogens is 2. The monoisotopic (exact) mass is 409 g/mol. The van der Waals surface area contributed by atoms with Gasteiger partial charge in [-0.15, -0.1) is 0 Å². The van der Waals surface area contributed by atoms with Gasteiger partial charge in [-0.3, -0.25) is 10.1 Å². The Balaban J connectivity index is 2.00. The zero-order chi connectivity index (χ0) is 20.7. The van der Waals surface area contributed by atoms with E-state index in [1.807, 2.05) is 5.32 Å². The second-order valence-electron chi connectivity index (χ2n) is 5.39. The number of amides is 2. The van der Waals surface area contributed by atoms with Crippen LogP contribution in [0, 0.1) is 12.7 Å². The maximum atomic E-state index is 13.1. The van der Waals surface area contributed by atoms with Gasteiger partial charge in [0.15, 0.2) is 6.61 Å². The number of ether oxygens (including phenoxy) is 2. The fraction of sp³-hybridized carbons (Fsp3) is 0.222. The zero-order valence-electron chi connectivity index (χ0n) is 15.1. The van der Waals surface area contributed by atoms with Gasteiger partial charge in [0.1, 0.15) is 11.0 Å². The number of benzene rings is 1. The summed E-state index contributed by atoms with van der Waals surface area (Å²) in [7, 11) is 0. The second kappa shape index (κ2) is 9.65. The summed E-state index contributed by atoms with van der Waals surface area (Å²) in [6, 6.07) is 5.57. The van der Waals surface area contributed by atoms with E-state index in [9.17, 15) is 18.8 Å². The number of imide groups is 1. The van der Waals surface area contributed by atoms with E-state index in [-0.39, 0.29) is 11.8 Å². The van der Waals surface area contributed by atoms with Gasteiger partial charge in [0.2, 0.25) is 0 Å². The summed E-state index contributed by atoms with van der Waals surface area (Å²) in [6.45, 7) is 2.72. The molecule has 10 heteroatoms. The number of esters is 1. The Hall–Kier alpha value is -3.20. The molecule has 0 saturated carbocycles. The van der Waals surface area contributed by atoms with Crippen LogP contribution in [0.15, 0.2) is 30.3 Å². The Morgan fingerprint density at radius 1 is 1.25 bits per heavy atom. The molecule has 0 bridgehead atoms. The summed E-state index contributed by atoms with van der Waals surface area (Å²) in [4.78, 5) is 34.2. The molecule has 0 aliphatic rings. The van der Waals surface area contributed by atoms with Crippen LogP contribution in [-0.4, -0.2) is 41.0 Å². The topological polar surface area (TPSA) is 99.5 Å². The number of hydrogen-bond donors (Lipinski definition) is 1. The van der Waals surface area contributed by atoms with E-state index >= 15 is 0 Å². The van der Waals surface area contributed by atoms with Crippen molar-refractivity contribution in [3.05, 3.63) is 52.6 Å². The molecule has 2 rings (SSSR count). The first-order valence-electron chi connectivity index (χ1n) is 8.14. The Bertz CT molecular complexity index is 909. The molecular weight excluding hydrogens is 393 g/mol. The third-order valence-corrected chi connectivity index (χ3v) is 3.73. The molecule has 28 heavy (non-hydrogen) atoms. The van der Waals surface area contributed by atoms with Crippen LogP contribution >= 0.6 is 11.6 Å². The van der Waals surface area contributed by atoms with Crippen molar-refractivity contribution in [3.63, 3.8) is 0 Å². The average molecular weight is 410 g/mol. The minimum atomic E-state index is -0.922. The average Bonchev–Trinajstić information content (AvgIpc) is 2.93. The SMILES string of the molecule is CCOC(=O)NC(=O)COC(=O)/C=C/c1c(C)nn(-c2ccc(F)cc2)c1Cl. The van der Waals surface area contributed by atoms with E-state index in [4.69, 9.17) is 16.3 Å². The molecule has 148 valence electrons. The van der Waals surface area contributed by atoms with Crippen LogP contribution in [0.25, 0.3) is 11.8 Å². The first-order chi connectivity index (χ1) is 13.3. The highest BCUT2D eigenvalue weighted by Crippen LogP contribution is 2.24. The second-order valence-corrected chi connectivity index (χ2v) is 5.75. The molecule has 2 amide bonds. The third-order valence-electron chi connectivity index (χ3n) is 3.37. The fourth-order valence-corrected chi connectivity index (χ4v) is 2.44. The van der Waals surface area contributed by atoms with Gasteiger partial charge in [0.05, 0.1) is 18.0 Å². The molecular formula is C18H17ClFN3O5. The molecule has 1 aromatic heterocycles. The lowest BCUT2D eigenvalue weighted by Gasteiger charge is -2.04. The molecule has 8 nitrogen and oxygen atoms in total. The van der Waals surface area contributed by atoms with Crippen LogP contribution in [0.4, 0.5) is 9.18 Å². The summed E-state index contributed by atoms with van der Waals surface area (Å²) in [6.07, 6.45) is 1.54. The number of nitrogens with zero attached hydrogens (tertiary/aromatic N) is 2. The highest BCUT2D eigenvalue weighted by molar-refractivity contribution is 6.31. The zero-order valence-corrected chi connectivity index (χ0v) is 15.8. The standard InChI is InChI=1S/C18H17ClFN3O5/c1-3-27-18(26)21-15(24)10-28-16(25)9-8-14-11(2)22-23(17(14)19)13-6-4-12(20)5-7-13/h4-9H,3,10H2,1-2H3,(H,21,24,26)/b9-8+. The number of carbonyl (C=O) groups excluding carboxylic acids is 3. The van der Waals surface area contributed by atoms with Crippen LogP contribution in [0.2, 0.25) is 5.15 Å². The molecule has 1 heterocycles. The van der Waals surface area contributed by atoms with Gasteiger partial charge in [-0.1, -0.05) is 11.6 Å². The summed E-state index contributed by atoms with van der Waals surface area (Å²) in [5, 5.41) is 6.36. The van der Waals surface area contributed by atoms with Crippen LogP contribution in [-0.2, 0) is 19.1 Å². The van der Waals surface area contributed by atoms with Gasteiger partial charge in [-0.2, -0.15) is 5.10 Å². The lowest BCUT2D eigenvalue weighted by molar-refractivity contribution is -0.143. The molecule has 1 N–H and O–H groups in total. The summed E-state index contributed by atoms with van der Waals surface area (Å²) in [5.74, 6) is -2.03. The van der Waals surface area contributed by atoms with Crippen molar-refractivity contribution in [2.45, 2.75) is 13.8 Å². The van der Waals surface area contributed by atoms with Crippen LogP contribution in [0.1, 0.15) is 18.2 Å². The molecule has 0 fully saturated rings. The van der Waals surface area contributed by atoms with Crippen molar-refractivity contribution >= 4 is 35.6 Å². The molecule has 0 aliphatic carbocycles. The number of alkyl carbamates (subject to hydrolysis) is 1. The quantitative estimate of drug-likeness (QED) is 0.581. The summed E-state index contributed by atoms with van der Waals surface area (Å²) >= 11 is 6.29. The molecule has 1 aromatic carbocycles. The van der Waals surface area contributed by atoms with Crippen molar-refractivity contribution in [3.8, 4) is 5.69 Å². The number of nitrogens with one attached hydrogen (secondary N) is 1. The number of carbonyl (C=O) groups is 3. The van der Waals surface area contributed by atoms with E-state index in [1.165, 1.54) is 35.0 Å². The van der Waals surface area contributed by atoms with Gasteiger partial charge < -0.3 is 9.47 Å². The van der Waals surface area contributed by atoms with E-state index in [0.29, 0.717) is 16.9 Å². The lowest BCUT2D eigenvalue weighted by atomic mass is 10.2. The van der Waals surface area contributed by atoms with E-state index in [1.54, 1.807) is 13.8 Å². The van der Waals surface area contributed by atoms with Crippen LogP contribution in [0.5, 0.6) is 0 Å². The first kappa shape index (κ1) is 21.1. The van der Waals surface area contributed by atoms with Gasteiger partial charge in [-0.05, 0) is 44.2 Å². The predicted molar refractivity (Wildman–Crippen MR) is 98.4 cm³/mol. The maximum Gasteiger partial charge on any atom is 0.413 e. The normalized spacial score (nSPS) is 10.7. The Kier molecular flexibility index (Phi) is 7.28. The molecule has 0 aliphatic heterocycles. The smallest absolute Gasteiger partial charge is 0.413 e. The minimum Gasteiger partial charge on any atom is -0.452 e. The number of aromatic nitrogens is 2. The number of hydrogen-bond acceptors (Lipinski definition) is 6. The fourth-order valence-electron chi connectivity index (χ4n) is 2.11. The molecule has 0 radical (unpaired) electrons. The van der Waals surface area contributed by atoms with E-state index in [0.717, 1.165) is 6.08 Å². The van der Waals surface area contributed by atoms with E-state index in [2.05, 4.69) is 9.84 Å². The highest BCUT2D eigenvalue weighted by Gasteiger charge is 2.14. The highest BCUT2D eigenvalue weighted by atomic mass is 35.5. The van der Waals surface area contributed by atoms with Gasteiger partial charge in [-0.25, -0.2) is 18.7 Å². The lowest BCUT2D eigenvalue weighted by Crippen LogP contribution is -2.34. The molecule has 0 spiro atoms. The van der Waals surface area contributed by atoms with Gasteiger partial charge in [0.25, 0.3) is 5.91 Å². The number of rotatable bonds is 6. The van der Waals surface area contributed by atoms with Crippen LogP contribution in [0.3, 0.4) is 0 Å². The van der Waals surface area contributed by atoms with Crippen molar-refractivity contribution < 1.29 is 28.2 Å². The predicted octanol–water partition coefficient (Wildman–Crippen LogP) is 2.80. The number of aryl methyl sites for hydroxylation is 1. The van der Waals surface area contributed by atoms with Gasteiger partial charge in [0, 0.05) is 11.6 Å². The van der Waals surface area contributed by atoms with Crippen molar-refractivity contribution in [1.82, 2.24) is 15.1 Å². The van der Waals surface area contributed by atoms with Crippen molar-refractivity contribution in [2.24, 2.45) is 0 Å². The van der Waals surface area contributed by atoms with Gasteiger partial charge >= 0.3 is 12.1 Å². The minimum absolute atomic E-state index is 0.105. The third kappa shape index (κ3) is 5.65. The van der Waals surface area contributed by atoms with Crippen molar-refractivity contribution in [1.29, 1.82) is 0 Å². The summed E-state index contributed by atoms with van der Waals surface area (Å²) in [5.41, 5.74) is 1.53. The Morgan fingerprint density at radius 3 is 2.57 bits per heavy atom. The molecule has 0 unspecified atom stereocenters. The summed E-state index contributed by atoms with van der Waals surface area (Å²) < 4.78 is 23.7. The van der Waals surface area contributed by atoms with E-state index < -0.39 is 30.4 Å².